The molecule has 0 saturated heterocycles. The lowest BCUT2D eigenvalue weighted by Gasteiger charge is -1.99. The first kappa shape index (κ1) is 13.7. The average Bonchev–Trinajstić information content (AvgIpc) is 2.29. The number of rotatable bonds is 3. The number of carboxylic acids is 1. The SMILES string of the molecule is CC(=O)NCCC#Cc1ccc(F)cc1C(=O)O. The monoisotopic (exact) mass is 249 g/mol. The van der Waals surface area contributed by atoms with E-state index in [1.807, 2.05) is 0 Å². The Bertz CT molecular complexity index is 529. The Balaban J connectivity index is 2.75. The van der Waals surface area contributed by atoms with Gasteiger partial charge < -0.3 is 10.4 Å². The van der Waals surface area contributed by atoms with E-state index >= 15 is 0 Å². The van der Waals surface area contributed by atoms with Gasteiger partial charge in [0.05, 0.1) is 5.56 Å². The van der Waals surface area contributed by atoms with Gasteiger partial charge in [0.15, 0.2) is 0 Å². The minimum Gasteiger partial charge on any atom is -0.478 e. The van der Waals surface area contributed by atoms with Crippen molar-refractivity contribution < 1.29 is 19.1 Å². The van der Waals surface area contributed by atoms with E-state index in [1.54, 1.807) is 0 Å². The summed E-state index contributed by atoms with van der Waals surface area (Å²) >= 11 is 0. The normalized spacial score (nSPS) is 9.22. The predicted octanol–water partition coefficient (Wildman–Crippen LogP) is 1.40. The molecule has 5 heteroatoms. The van der Waals surface area contributed by atoms with Crippen LogP contribution in [0.2, 0.25) is 0 Å². The third-order valence-corrected chi connectivity index (χ3v) is 2.06. The zero-order valence-corrected chi connectivity index (χ0v) is 9.79. The molecule has 0 saturated carbocycles. The summed E-state index contributed by atoms with van der Waals surface area (Å²) < 4.78 is 12.9. The van der Waals surface area contributed by atoms with Crippen LogP contribution in [-0.4, -0.2) is 23.5 Å². The lowest BCUT2D eigenvalue weighted by atomic mass is 10.1. The molecule has 1 aromatic rings. The molecule has 0 atom stereocenters. The van der Waals surface area contributed by atoms with Gasteiger partial charge in [-0.25, -0.2) is 9.18 Å². The number of aromatic carboxylic acids is 1. The van der Waals surface area contributed by atoms with Gasteiger partial charge in [-0.05, 0) is 18.2 Å². The van der Waals surface area contributed by atoms with Crippen molar-refractivity contribution in [3.63, 3.8) is 0 Å². The van der Waals surface area contributed by atoms with Crippen LogP contribution in [-0.2, 0) is 4.79 Å². The van der Waals surface area contributed by atoms with Gasteiger partial charge in [-0.2, -0.15) is 0 Å². The average molecular weight is 249 g/mol. The topological polar surface area (TPSA) is 66.4 Å². The summed E-state index contributed by atoms with van der Waals surface area (Å²) in [6.45, 7) is 1.79. The van der Waals surface area contributed by atoms with Crippen LogP contribution in [0.25, 0.3) is 0 Å². The van der Waals surface area contributed by atoms with Crippen molar-refractivity contribution in [1.82, 2.24) is 5.32 Å². The molecule has 1 amide bonds. The van der Waals surface area contributed by atoms with Crippen molar-refractivity contribution in [3.8, 4) is 11.8 Å². The quantitative estimate of drug-likeness (QED) is 0.628. The summed E-state index contributed by atoms with van der Waals surface area (Å²) in [4.78, 5) is 21.4. The van der Waals surface area contributed by atoms with E-state index in [2.05, 4.69) is 17.2 Å². The van der Waals surface area contributed by atoms with Crippen LogP contribution in [0.4, 0.5) is 4.39 Å². The number of benzene rings is 1. The Morgan fingerprint density at radius 3 is 2.78 bits per heavy atom. The number of amides is 1. The second kappa shape index (κ2) is 6.40. The molecule has 0 spiro atoms. The molecule has 2 N–H and O–H groups in total. The largest absolute Gasteiger partial charge is 0.478 e. The Labute approximate surface area is 104 Å². The molecule has 0 aliphatic rings. The molecule has 0 aliphatic heterocycles. The van der Waals surface area contributed by atoms with Crippen LogP contribution in [0.3, 0.4) is 0 Å². The van der Waals surface area contributed by atoms with E-state index in [1.165, 1.54) is 13.0 Å². The molecule has 0 heterocycles. The van der Waals surface area contributed by atoms with Gasteiger partial charge in [-0.3, -0.25) is 4.79 Å². The molecular weight excluding hydrogens is 237 g/mol. The Morgan fingerprint density at radius 2 is 2.17 bits per heavy atom. The summed E-state index contributed by atoms with van der Waals surface area (Å²) in [5, 5.41) is 11.4. The van der Waals surface area contributed by atoms with Crippen molar-refractivity contribution in [2.24, 2.45) is 0 Å². The van der Waals surface area contributed by atoms with Gasteiger partial charge in [-0.15, -0.1) is 0 Å². The van der Waals surface area contributed by atoms with E-state index in [0.29, 0.717) is 13.0 Å². The molecule has 0 fully saturated rings. The lowest BCUT2D eigenvalue weighted by Crippen LogP contribution is -2.20. The third kappa shape index (κ3) is 4.26. The summed E-state index contributed by atoms with van der Waals surface area (Å²) in [7, 11) is 0. The molecule has 1 rings (SSSR count). The predicted molar refractivity (Wildman–Crippen MR) is 63.5 cm³/mol. The third-order valence-electron chi connectivity index (χ3n) is 2.06. The molecule has 0 aliphatic carbocycles. The highest BCUT2D eigenvalue weighted by Gasteiger charge is 2.09. The maximum absolute atomic E-state index is 12.9. The fourth-order valence-electron chi connectivity index (χ4n) is 1.26. The maximum atomic E-state index is 12.9. The number of nitrogens with one attached hydrogen (secondary N) is 1. The van der Waals surface area contributed by atoms with Crippen molar-refractivity contribution in [2.75, 3.05) is 6.54 Å². The highest BCUT2D eigenvalue weighted by atomic mass is 19.1. The van der Waals surface area contributed by atoms with Crippen molar-refractivity contribution in [3.05, 3.63) is 35.1 Å². The van der Waals surface area contributed by atoms with Gasteiger partial charge in [0.25, 0.3) is 0 Å². The molecule has 18 heavy (non-hydrogen) atoms. The van der Waals surface area contributed by atoms with Crippen LogP contribution in [0.15, 0.2) is 18.2 Å². The fourth-order valence-corrected chi connectivity index (χ4v) is 1.26. The van der Waals surface area contributed by atoms with Crippen molar-refractivity contribution >= 4 is 11.9 Å². The highest BCUT2D eigenvalue weighted by molar-refractivity contribution is 5.90. The summed E-state index contributed by atoms with van der Waals surface area (Å²) in [5.41, 5.74) is 0.0914. The summed E-state index contributed by atoms with van der Waals surface area (Å²) in [5.74, 6) is 3.38. The zero-order valence-electron chi connectivity index (χ0n) is 9.79. The molecule has 0 aromatic heterocycles. The number of carbonyl (C=O) groups is 2. The first-order valence-corrected chi connectivity index (χ1v) is 5.27. The van der Waals surface area contributed by atoms with E-state index in [4.69, 9.17) is 5.11 Å². The number of hydrogen-bond acceptors (Lipinski definition) is 2. The standard InChI is InChI=1S/C13H12FNO3/c1-9(16)15-7-3-2-4-10-5-6-11(14)8-12(10)13(17)18/h5-6,8H,3,7H2,1H3,(H,15,16)(H,17,18). The van der Waals surface area contributed by atoms with E-state index < -0.39 is 11.8 Å². The second-order valence-corrected chi connectivity index (χ2v) is 3.53. The van der Waals surface area contributed by atoms with Gasteiger partial charge >= 0.3 is 5.97 Å². The van der Waals surface area contributed by atoms with Crippen molar-refractivity contribution in [2.45, 2.75) is 13.3 Å². The Kier molecular flexibility index (Phi) is 4.88. The van der Waals surface area contributed by atoms with Crippen LogP contribution >= 0.6 is 0 Å². The van der Waals surface area contributed by atoms with E-state index in [0.717, 1.165) is 12.1 Å². The molecule has 1 aromatic carbocycles. The second-order valence-electron chi connectivity index (χ2n) is 3.53. The number of halogens is 1. The molecule has 0 unspecified atom stereocenters. The molecule has 4 nitrogen and oxygen atoms in total. The van der Waals surface area contributed by atoms with Crippen LogP contribution in [0, 0.1) is 17.7 Å². The lowest BCUT2D eigenvalue weighted by molar-refractivity contribution is -0.118. The number of carboxylic acid groups (broad SMARTS) is 1. The Morgan fingerprint density at radius 1 is 1.44 bits per heavy atom. The zero-order chi connectivity index (χ0) is 13.5. The number of hydrogen-bond donors (Lipinski definition) is 2. The smallest absolute Gasteiger partial charge is 0.337 e. The summed E-state index contributed by atoms with van der Waals surface area (Å²) in [6.07, 6.45) is 0.399. The molecule has 0 radical (unpaired) electrons. The van der Waals surface area contributed by atoms with Gasteiger partial charge in [0.1, 0.15) is 5.82 Å². The molecular formula is C13H12FNO3. The van der Waals surface area contributed by atoms with Gasteiger partial charge in [0.2, 0.25) is 5.91 Å². The van der Waals surface area contributed by atoms with Crippen LogP contribution in [0.5, 0.6) is 0 Å². The summed E-state index contributed by atoms with van der Waals surface area (Å²) in [6, 6.07) is 3.41. The van der Waals surface area contributed by atoms with Crippen molar-refractivity contribution in [1.29, 1.82) is 0 Å². The van der Waals surface area contributed by atoms with E-state index in [9.17, 15) is 14.0 Å². The first-order chi connectivity index (χ1) is 8.50. The minimum atomic E-state index is -1.22. The van der Waals surface area contributed by atoms with Crippen LogP contribution < -0.4 is 5.32 Å². The highest BCUT2D eigenvalue weighted by Crippen LogP contribution is 2.10. The van der Waals surface area contributed by atoms with Gasteiger partial charge in [0, 0.05) is 25.5 Å². The maximum Gasteiger partial charge on any atom is 0.337 e. The van der Waals surface area contributed by atoms with Crippen LogP contribution in [0.1, 0.15) is 29.3 Å². The first-order valence-electron chi connectivity index (χ1n) is 5.27. The molecule has 0 bridgehead atoms. The fraction of sp³-hybridized carbons (Fsp3) is 0.231. The minimum absolute atomic E-state index is 0.148. The van der Waals surface area contributed by atoms with Gasteiger partial charge in [-0.1, -0.05) is 11.8 Å². The Hall–Kier alpha value is -2.35. The molecule has 94 valence electrons. The number of carbonyl (C=O) groups excluding carboxylic acids is 1. The van der Waals surface area contributed by atoms with E-state index in [-0.39, 0.29) is 17.0 Å².